The summed E-state index contributed by atoms with van der Waals surface area (Å²) in [5, 5.41) is 3.79. The van der Waals surface area contributed by atoms with Gasteiger partial charge in [-0.15, -0.1) is 0 Å². The number of likely N-dealkylation sites (N-methyl/N-ethyl adjacent to an activating group) is 1. The van der Waals surface area contributed by atoms with Crippen molar-refractivity contribution in [1.29, 1.82) is 0 Å². The van der Waals surface area contributed by atoms with Crippen molar-refractivity contribution in [2.24, 2.45) is 0 Å². The van der Waals surface area contributed by atoms with Gasteiger partial charge in [-0.25, -0.2) is 4.79 Å². The molecule has 2 heterocycles. The van der Waals surface area contributed by atoms with Gasteiger partial charge in [0.2, 0.25) is 0 Å². The molecule has 0 spiro atoms. The lowest BCUT2D eigenvalue weighted by Crippen LogP contribution is -2.31. The minimum absolute atomic E-state index is 0.192. The second-order valence-electron chi connectivity index (χ2n) is 4.36. The Morgan fingerprint density at radius 1 is 1.47 bits per heavy atom. The van der Waals surface area contributed by atoms with Crippen molar-refractivity contribution in [2.45, 2.75) is 12.5 Å². The first kappa shape index (κ1) is 8.98. The summed E-state index contributed by atoms with van der Waals surface area (Å²) in [6.45, 7) is -2.78. The van der Waals surface area contributed by atoms with Gasteiger partial charge in [0.05, 0.1) is 10.5 Å². The molecule has 1 unspecified atom stereocenters. The van der Waals surface area contributed by atoms with Crippen molar-refractivity contribution < 1.29 is 13.7 Å². The molecule has 0 bridgehead atoms. The third-order valence-electron chi connectivity index (χ3n) is 3.19. The van der Waals surface area contributed by atoms with Crippen LogP contribution in [0.4, 0.5) is 4.79 Å². The fraction of sp³-hybridized carbons (Fsp3) is 0.231. The van der Waals surface area contributed by atoms with Gasteiger partial charge in [-0.1, -0.05) is 23.7 Å². The quantitative estimate of drug-likeness (QED) is 0.826. The standard InChI is InChI=1S/C13H12ClN3O2/c1-17-12(18)10(16-13(17)19)5-7-6-15-11-8(7)3-2-4-9(11)14/h2-4,6,10,15H,5H2,1H3,(H,16,19)/i1D3. The summed E-state index contributed by atoms with van der Waals surface area (Å²) < 4.78 is 21.7. The smallest absolute Gasteiger partial charge is 0.324 e. The Morgan fingerprint density at radius 2 is 2.32 bits per heavy atom. The zero-order valence-electron chi connectivity index (χ0n) is 12.7. The lowest BCUT2D eigenvalue weighted by Gasteiger charge is -2.07. The SMILES string of the molecule is [2H]C([2H])([2H])N1C(=O)NC(Cc2c[nH]c3c(Cl)cccc23)C1=O. The number of nitrogens with one attached hydrogen (secondary N) is 2. The molecule has 1 aliphatic rings. The second-order valence-corrected chi connectivity index (χ2v) is 4.76. The van der Waals surface area contributed by atoms with E-state index in [4.69, 9.17) is 15.7 Å². The van der Waals surface area contributed by atoms with Crippen LogP contribution in [0.25, 0.3) is 10.9 Å². The molecule has 1 saturated heterocycles. The molecule has 5 nitrogen and oxygen atoms in total. The Bertz CT molecular complexity index is 771. The van der Waals surface area contributed by atoms with Gasteiger partial charge in [0.15, 0.2) is 0 Å². The summed E-state index contributed by atoms with van der Waals surface area (Å²) in [6.07, 6.45) is 1.89. The highest BCUT2D eigenvalue weighted by atomic mass is 35.5. The number of hydrogen-bond acceptors (Lipinski definition) is 2. The lowest BCUT2D eigenvalue weighted by molar-refractivity contribution is -0.126. The second kappa shape index (κ2) is 4.28. The van der Waals surface area contributed by atoms with Crippen molar-refractivity contribution in [2.75, 3.05) is 6.98 Å². The number of aromatic nitrogens is 1. The first-order chi connectivity index (χ1) is 10.3. The zero-order chi connectivity index (χ0) is 16.1. The molecule has 98 valence electrons. The van der Waals surface area contributed by atoms with E-state index in [1.54, 1.807) is 18.3 Å². The molecule has 1 fully saturated rings. The third-order valence-corrected chi connectivity index (χ3v) is 3.51. The first-order valence-electron chi connectivity index (χ1n) is 7.18. The van der Waals surface area contributed by atoms with Crippen LogP contribution >= 0.6 is 11.6 Å². The van der Waals surface area contributed by atoms with E-state index < -0.39 is 25.0 Å². The number of benzene rings is 1. The highest BCUT2D eigenvalue weighted by Gasteiger charge is 2.35. The van der Waals surface area contributed by atoms with E-state index in [0.717, 1.165) is 16.5 Å². The van der Waals surface area contributed by atoms with Gasteiger partial charge in [-0.05, 0) is 11.6 Å². The Labute approximate surface area is 118 Å². The number of aromatic amines is 1. The van der Waals surface area contributed by atoms with E-state index in [1.165, 1.54) is 0 Å². The predicted molar refractivity (Wildman–Crippen MR) is 72.1 cm³/mol. The highest BCUT2D eigenvalue weighted by molar-refractivity contribution is 6.35. The van der Waals surface area contributed by atoms with Gasteiger partial charge in [0.25, 0.3) is 5.91 Å². The minimum atomic E-state index is -2.78. The molecule has 19 heavy (non-hydrogen) atoms. The summed E-state index contributed by atoms with van der Waals surface area (Å²) >= 11 is 6.07. The largest absolute Gasteiger partial charge is 0.360 e. The topological polar surface area (TPSA) is 65.2 Å². The Morgan fingerprint density at radius 3 is 3.05 bits per heavy atom. The minimum Gasteiger partial charge on any atom is -0.360 e. The van der Waals surface area contributed by atoms with Gasteiger partial charge >= 0.3 is 6.03 Å². The summed E-state index contributed by atoms with van der Waals surface area (Å²) in [4.78, 5) is 27.1. The van der Waals surface area contributed by atoms with Crippen LogP contribution in [0.5, 0.6) is 0 Å². The van der Waals surface area contributed by atoms with Gasteiger partial charge in [0, 0.05) is 29.1 Å². The number of rotatable bonds is 2. The molecule has 2 aromatic rings. The van der Waals surface area contributed by atoms with Crippen molar-refractivity contribution in [3.05, 3.63) is 35.0 Å². The van der Waals surface area contributed by atoms with Crippen molar-refractivity contribution >= 4 is 34.4 Å². The van der Waals surface area contributed by atoms with Crippen molar-refractivity contribution in [3.63, 3.8) is 0 Å². The van der Waals surface area contributed by atoms with E-state index >= 15 is 0 Å². The maximum Gasteiger partial charge on any atom is 0.324 e. The monoisotopic (exact) mass is 280 g/mol. The fourth-order valence-electron chi connectivity index (χ4n) is 2.23. The van der Waals surface area contributed by atoms with E-state index in [2.05, 4.69) is 10.3 Å². The van der Waals surface area contributed by atoms with Gasteiger partial charge in [0.1, 0.15) is 6.04 Å². The van der Waals surface area contributed by atoms with E-state index in [9.17, 15) is 9.59 Å². The van der Waals surface area contributed by atoms with Gasteiger partial charge in [-0.3, -0.25) is 9.69 Å². The molecule has 0 aliphatic carbocycles. The van der Waals surface area contributed by atoms with E-state index in [1.807, 2.05) is 6.07 Å². The molecule has 6 heteroatoms. The summed E-state index contributed by atoms with van der Waals surface area (Å²) in [5.41, 5.74) is 1.52. The number of nitrogens with zero attached hydrogens (tertiary/aromatic N) is 1. The molecule has 2 N–H and O–H groups in total. The average molecular weight is 281 g/mol. The first-order valence-corrected chi connectivity index (χ1v) is 6.06. The van der Waals surface area contributed by atoms with Crippen LogP contribution in [0.15, 0.2) is 24.4 Å². The Kier molecular flexibility index (Phi) is 2.02. The third kappa shape index (κ3) is 1.86. The molecule has 1 aromatic heterocycles. The summed E-state index contributed by atoms with van der Waals surface area (Å²) in [7, 11) is 0. The maximum atomic E-state index is 12.1. The Balaban J connectivity index is 1.89. The van der Waals surface area contributed by atoms with Crippen molar-refractivity contribution in [1.82, 2.24) is 15.2 Å². The van der Waals surface area contributed by atoms with Crippen LogP contribution in [0.2, 0.25) is 5.02 Å². The molecule has 3 rings (SSSR count). The number of fused-ring (bicyclic) bond motifs is 1. The maximum absolute atomic E-state index is 12.1. The van der Waals surface area contributed by atoms with Crippen LogP contribution in [-0.4, -0.2) is 34.8 Å². The summed E-state index contributed by atoms with van der Waals surface area (Å²) in [6, 6.07) is 3.57. The predicted octanol–water partition coefficient (Wildman–Crippen LogP) is 1.91. The Hall–Kier alpha value is -2.01. The van der Waals surface area contributed by atoms with Crippen LogP contribution in [0.1, 0.15) is 9.68 Å². The number of imide groups is 1. The van der Waals surface area contributed by atoms with Crippen LogP contribution in [-0.2, 0) is 11.2 Å². The molecular formula is C13H12ClN3O2. The van der Waals surface area contributed by atoms with Crippen LogP contribution in [0.3, 0.4) is 0 Å². The van der Waals surface area contributed by atoms with Crippen molar-refractivity contribution in [3.8, 4) is 0 Å². The van der Waals surface area contributed by atoms with Gasteiger partial charge < -0.3 is 10.3 Å². The van der Waals surface area contributed by atoms with Crippen LogP contribution in [0, 0.1) is 0 Å². The molecule has 1 aromatic carbocycles. The average Bonchev–Trinajstić information content (AvgIpc) is 2.93. The molecule has 0 radical (unpaired) electrons. The number of carbonyl (C=O) groups excluding carboxylic acids is 2. The zero-order valence-corrected chi connectivity index (χ0v) is 10.5. The number of hydrogen-bond donors (Lipinski definition) is 2. The molecule has 0 saturated carbocycles. The normalized spacial score (nSPS) is 22.3. The fourth-order valence-corrected chi connectivity index (χ4v) is 2.46. The van der Waals surface area contributed by atoms with Gasteiger partial charge in [-0.2, -0.15) is 0 Å². The summed E-state index contributed by atoms with van der Waals surface area (Å²) in [5.74, 6) is -0.749. The molecule has 1 atom stereocenters. The molecular weight excluding hydrogens is 266 g/mol. The van der Waals surface area contributed by atoms with E-state index in [-0.39, 0.29) is 6.42 Å². The number of urea groups is 1. The number of para-hydroxylation sites is 1. The number of halogens is 1. The number of amides is 3. The van der Waals surface area contributed by atoms with Crippen LogP contribution < -0.4 is 5.32 Å². The lowest BCUT2D eigenvalue weighted by atomic mass is 10.1. The van der Waals surface area contributed by atoms with E-state index in [0.29, 0.717) is 9.92 Å². The number of carbonyl (C=O) groups is 2. The highest BCUT2D eigenvalue weighted by Crippen LogP contribution is 2.26. The number of H-pyrrole nitrogens is 1. The molecule has 3 amide bonds. The molecule has 1 aliphatic heterocycles.